The number of carbonyl (C=O) groups is 1. The molecule has 0 spiro atoms. The Hall–Kier alpha value is -1.92. The Labute approximate surface area is 123 Å². The van der Waals surface area contributed by atoms with E-state index in [9.17, 15) is 4.79 Å². The number of hydrogen-bond acceptors (Lipinski definition) is 3. The number of rotatable bonds is 4. The van der Waals surface area contributed by atoms with Crippen molar-refractivity contribution in [3.05, 3.63) is 24.0 Å². The van der Waals surface area contributed by atoms with Gasteiger partial charge in [0.1, 0.15) is 13.1 Å². The van der Waals surface area contributed by atoms with Gasteiger partial charge in [0, 0.05) is 19.7 Å². The van der Waals surface area contributed by atoms with Crippen molar-refractivity contribution in [2.75, 3.05) is 32.1 Å². The van der Waals surface area contributed by atoms with Crippen molar-refractivity contribution in [1.82, 2.24) is 9.55 Å². The zero-order valence-electron chi connectivity index (χ0n) is 12.5. The van der Waals surface area contributed by atoms with Crippen molar-refractivity contribution >= 4 is 22.6 Å². The van der Waals surface area contributed by atoms with E-state index in [0.717, 1.165) is 55.3 Å². The maximum Gasteiger partial charge on any atom is 0.221 e. The predicted octanol–water partition coefficient (Wildman–Crippen LogP) is 0.0396. The molecule has 1 amide bonds. The second-order valence-electron chi connectivity index (χ2n) is 5.48. The fraction of sp³-hybridized carbons (Fsp3) is 0.467. The van der Waals surface area contributed by atoms with E-state index >= 15 is 0 Å². The summed E-state index contributed by atoms with van der Waals surface area (Å²) in [4.78, 5) is 17.4. The van der Waals surface area contributed by atoms with Gasteiger partial charge < -0.3 is 19.5 Å². The van der Waals surface area contributed by atoms with Gasteiger partial charge in [0.05, 0.1) is 30.7 Å². The highest BCUT2D eigenvalue weighted by Gasteiger charge is 2.22. The van der Waals surface area contributed by atoms with Crippen LogP contribution in [0.25, 0.3) is 11.0 Å². The highest BCUT2D eigenvalue weighted by atomic mass is 16.5. The van der Waals surface area contributed by atoms with Crippen LogP contribution in [0.15, 0.2) is 18.2 Å². The first kappa shape index (κ1) is 14.0. The van der Waals surface area contributed by atoms with Crippen molar-refractivity contribution in [2.24, 2.45) is 0 Å². The molecule has 0 radical (unpaired) electrons. The van der Waals surface area contributed by atoms with Gasteiger partial charge in [0.25, 0.3) is 0 Å². The number of methoxy groups -OCH3 is 1. The second kappa shape index (κ2) is 5.83. The zero-order valence-corrected chi connectivity index (χ0v) is 12.5. The summed E-state index contributed by atoms with van der Waals surface area (Å²) in [5, 5.41) is 2.80. The number of carbonyl (C=O) groups excluding carboxylic acids is 1. The van der Waals surface area contributed by atoms with Crippen molar-refractivity contribution in [3.63, 3.8) is 0 Å². The maximum absolute atomic E-state index is 11.1. The molecule has 1 atom stereocenters. The molecule has 2 heterocycles. The Kier molecular flexibility index (Phi) is 3.90. The molecule has 0 aliphatic carbocycles. The Morgan fingerprint density at radius 2 is 2.38 bits per heavy atom. The molecule has 112 valence electrons. The Morgan fingerprint density at radius 1 is 1.52 bits per heavy atom. The van der Waals surface area contributed by atoms with E-state index in [1.165, 1.54) is 11.8 Å². The number of benzene rings is 1. The summed E-state index contributed by atoms with van der Waals surface area (Å²) >= 11 is 0. The van der Waals surface area contributed by atoms with Gasteiger partial charge in [-0.2, -0.15) is 0 Å². The van der Waals surface area contributed by atoms with Crippen LogP contribution in [0.5, 0.6) is 0 Å². The van der Waals surface area contributed by atoms with Crippen LogP contribution in [-0.4, -0.2) is 42.3 Å². The van der Waals surface area contributed by atoms with Crippen molar-refractivity contribution in [2.45, 2.75) is 20.0 Å². The fourth-order valence-corrected chi connectivity index (χ4v) is 2.89. The van der Waals surface area contributed by atoms with Crippen molar-refractivity contribution in [1.29, 1.82) is 0 Å². The topological polar surface area (TPSA) is 60.6 Å². The third-order valence-electron chi connectivity index (χ3n) is 3.90. The van der Waals surface area contributed by atoms with Gasteiger partial charge in [-0.05, 0) is 18.2 Å². The first-order valence-corrected chi connectivity index (χ1v) is 7.26. The number of amides is 1. The van der Waals surface area contributed by atoms with Crippen molar-refractivity contribution in [3.8, 4) is 0 Å². The lowest BCUT2D eigenvalue weighted by molar-refractivity contribution is -0.918. The van der Waals surface area contributed by atoms with Crippen LogP contribution in [0.1, 0.15) is 12.7 Å². The number of imidazole rings is 1. The minimum absolute atomic E-state index is 0.0616. The normalized spacial score (nSPS) is 17.7. The number of nitrogens with one attached hydrogen (secondary N) is 2. The summed E-state index contributed by atoms with van der Waals surface area (Å²) in [6.45, 7) is 6.30. The van der Waals surface area contributed by atoms with Gasteiger partial charge in [-0.25, -0.2) is 4.98 Å². The van der Waals surface area contributed by atoms with Crippen molar-refractivity contribution < 1.29 is 14.4 Å². The minimum Gasteiger partial charge on any atom is -0.379 e. The molecule has 6 nitrogen and oxygen atoms in total. The summed E-state index contributed by atoms with van der Waals surface area (Å²) in [6, 6.07) is 5.91. The van der Waals surface area contributed by atoms with Gasteiger partial charge in [0.2, 0.25) is 5.91 Å². The third kappa shape index (κ3) is 2.91. The molecule has 2 N–H and O–H groups in total. The first-order valence-electron chi connectivity index (χ1n) is 7.26. The maximum atomic E-state index is 11.1. The van der Waals surface area contributed by atoms with E-state index in [0.29, 0.717) is 0 Å². The minimum atomic E-state index is -0.0616. The smallest absolute Gasteiger partial charge is 0.221 e. The van der Waals surface area contributed by atoms with Crippen LogP contribution in [0.3, 0.4) is 0 Å². The molecule has 0 bridgehead atoms. The number of quaternary nitrogens is 1. The number of ether oxygens (including phenoxy) is 1. The van der Waals surface area contributed by atoms with E-state index in [1.807, 2.05) is 18.2 Å². The van der Waals surface area contributed by atoms with Gasteiger partial charge in [-0.1, -0.05) is 0 Å². The summed E-state index contributed by atoms with van der Waals surface area (Å²) in [6.07, 6.45) is 0. The molecule has 0 fully saturated rings. The molecule has 1 aromatic heterocycles. The fourth-order valence-electron chi connectivity index (χ4n) is 2.89. The molecule has 21 heavy (non-hydrogen) atoms. The van der Waals surface area contributed by atoms with Gasteiger partial charge in [-0.3, -0.25) is 4.79 Å². The molecular weight excluding hydrogens is 268 g/mol. The molecule has 3 rings (SSSR count). The average molecular weight is 289 g/mol. The number of fused-ring (bicyclic) bond motifs is 3. The predicted molar refractivity (Wildman–Crippen MR) is 80.3 cm³/mol. The van der Waals surface area contributed by atoms with E-state index < -0.39 is 0 Å². The Morgan fingerprint density at radius 3 is 3.14 bits per heavy atom. The number of hydrogen-bond donors (Lipinski definition) is 2. The highest BCUT2D eigenvalue weighted by molar-refractivity contribution is 5.91. The Bertz CT molecular complexity index is 665. The summed E-state index contributed by atoms with van der Waals surface area (Å²) in [5.41, 5.74) is 2.89. The molecule has 2 aromatic rings. The van der Waals surface area contributed by atoms with Crippen LogP contribution < -0.4 is 10.2 Å². The molecule has 6 heteroatoms. The zero-order chi connectivity index (χ0) is 14.8. The molecule has 0 saturated heterocycles. The van der Waals surface area contributed by atoms with Crippen LogP contribution in [0.4, 0.5) is 5.69 Å². The molecule has 1 unspecified atom stereocenters. The third-order valence-corrected chi connectivity index (χ3v) is 3.90. The van der Waals surface area contributed by atoms with Crippen LogP contribution >= 0.6 is 0 Å². The standard InChI is InChI=1S/C15H20N4O2/c1-11(20)16-12-3-4-14-13(9-12)17-15-10-18(7-8-21-2)5-6-19(14)15/h3-4,9H,5-8,10H2,1-2H3,(H,16,20)/p+1. The van der Waals surface area contributed by atoms with Gasteiger partial charge in [0.15, 0.2) is 5.82 Å². The molecule has 1 aromatic carbocycles. The van der Waals surface area contributed by atoms with Gasteiger partial charge >= 0.3 is 0 Å². The average Bonchev–Trinajstić information content (AvgIpc) is 2.81. The number of anilines is 1. The SMILES string of the molecule is COCC[NH+]1CCn2c(nc3cc(NC(C)=O)ccc32)C1. The summed E-state index contributed by atoms with van der Waals surface area (Å²) < 4.78 is 7.44. The molecule has 1 aliphatic rings. The van der Waals surface area contributed by atoms with E-state index in [4.69, 9.17) is 9.72 Å². The second-order valence-corrected chi connectivity index (χ2v) is 5.48. The largest absolute Gasteiger partial charge is 0.379 e. The quantitative estimate of drug-likeness (QED) is 0.835. The summed E-state index contributed by atoms with van der Waals surface area (Å²) in [7, 11) is 1.74. The first-order chi connectivity index (χ1) is 10.2. The summed E-state index contributed by atoms with van der Waals surface area (Å²) in [5.74, 6) is 1.05. The lowest BCUT2D eigenvalue weighted by Crippen LogP contribution is -3.12. The molecule has 1 aliphatic heterocycles. The van der Waals surface area contributed by atoms with E-state index in [1.54, 1.807) is 7.11 Å². The molecular formula is C15H21N4O2+. The number of nitrogens with zero attached hydrogens (tertiary/aromatic N) is 2. The van der Waals surface area contributed by atoms with E-state index in [-0.39, 0.29) is 5.91 Å². The number of aromatic nitrogens is 2. The Balaban J connectivity index is 1.86. The van der Waals surface area contributed by atoms with E-state index in [2.05, 4.69) is 9.88 Å². The lowest BCUT2D eigenvalue weighted by atomic mass is 10.2. The highest BCUT2D eigenvalue weighted by Crippen LogP contribution is 2.21. The lowest BCUT2D eigenvalue weighted by Gasteiger charge is -2.24. The van der Waals surface area contributed by atoms with Crippen LogP contribution in [0.2, 0.25) is 0 Å². The molecule has 0 saturated carbocycles. The monoisotopic (exact) mass is 289 g/mol. The van der Waals surface area contributed by atoms with Crippen LogP contribution in [-0.2, 0) is 22.6 Å². The van der Waals surface area contributed by atoms with Crippen LogP contribution in [0, 0.1) is 0 Å². The van der Waals surface area contributed by atoms with Gasteiger partial charge in [-0.15, -0.1) is 0 Å².